The molecule has 0 spiro atoms. The molecule has 0 aromatic carbocycles. The van der Waals surface area contributed by atoms with Gasteiger partial charge in [-0.05, 0) is 23.5 Å². The van der Waals surface area contributed by atoms with Crippen molar-refractivity contribution < 1.29 is 9.68 Å². The van der Waals surface area contributed by atoms with Crippen LogP contribution in [0.3, 0.4) is 0 Å². The molecule has 4 heteroatoms. The van der Waals surface area contributed by atoms with Crippen LogP contribution in [0.25, 0.3) is 0 Å². The SMILES string of the molecule is CCC1OB(O)c2ncc(C(C)C)cc21. The Hall–Kier alpha value is -0.865. The van der Waals surface area contributed by atoms with E-state index in [0.29, 0.717) is 11.5 Å². The Labute approximate surface area is 90.6 Å². The van der Waals surface area contributed by atoms with E-state index in [9.17, 15) is 5.02 Å². The molecule has 2 heterocycles. The zero-order valence-electron chi connectivity index (χ0n) is 9.40. The second-order valence-corrected chi connectivity index (χ2v) is 4.28. The Kier molecular flexibility index (Phi) is 2.80. The van der Waals surface area contributed by atoms with Crippen LogP contribution in [0.5, 0.6) is 0 Å². The fourth-order valence-electron chi connectivity index (χ4n) is 1.90. The summed E-state index contributed by atoms with van der Waals surface area (Å²) in [7, 11) is -0.842. The highest BCUT2D eigenvalue weighted by Gasteiger charge is 2.35. The highest BCUT2D eigenvalue weighted by molar-refractivity contribution is 6.60. The predicted molar refractivity (Wildman–Crippen MR) is 60.0 cm³/mol. The Bertz CT molecular complexity index is 368. The summed E-state index contributed by atoms with van der Waals surface area (Å²) in [6.07, 6.45) is 2.70. The molecule has 1 aliphatic rings. The number of fused-ring (bicyclic) bond motifs is 1. The predicted octanol–water partition coefficient (Wildman–Crippen LogP) is 1.37. The molecule has 0 radical (unpaired) electrons. The first kappa shape index (κ1) is 10.6. The average molecular weight is 205 g/mol. The van der Waals surface area contributed by atoms with Crippen LogP contribution in [0, 0.1) is 0 Å². The summed E-state index contributed by atoms with van der Waals surface area (Å²) < 4.78 is 5.41. The number of hydrogen-bond donors (Lipinski definition) is 1. The first-order chi connectivity index (χ1) is 7.13. The molecule has 0 bridgehead atoms. The van der Waals surface area contributed by atoms with Crippen LogP contribution >= 0.6 is 0 Å². The van der Waals surface area contributed by atoms with Crippen LogP contribution in [0.15, 0.2) is 12.3 Å². The summed E-state index contributed by atoms with van der Waals surface area (Å²) in [6.45, 7) is 6.32. The lowest BCUT2D eigenvalue weighted by Crippen LogP contribution is -2.31. The Morgan fingerprint density at radius 3 is 2.93 bits per heavy atom. The lowest BCUT2D eigenvalue weighted by Gasteiger charge is -2.10. The van der Waals surface area contributed by atoms with Gasteiger partial charge in [-0.3, -0.25) is 4.98 Å². The Morgan fingerprint density at radius 2 is 2.33 bits per heavy atom. The van der Waals surface area contributed by atoms with Crippen molar-refractivity contribution in [3.05, 3.63) is 23.4 Å². The lowest BCUT2D eigenvalue weighted by atomic mass is 9.83. The molecule has 1 atom stereocenters. The highest BCUT2D eigenvalue weighted by Crippen LogP contribution is 2.27. The van der Waals surface area contributed by atoms with Gasteiger partial charge in [-0.1, -0.05) is 26.8 Å². The third-order valence-corrected chi connectivity index (χ3v) is 2.88. The number of pyridine rings is 1. The lowest BCUT2D eigenvalue weighted by molar-refractivity contribution is 0.186. The van der Waals surface area contributed by atoms with E-state index >= 15 is 0 Å². The van der Waals surface area contributed by atoms with Gasteiger partial charge < -0.3 is 9.68 Å². The summed E-state index contributed by atoms with van der Waals surface area (Å²) in [6, 6.07) is 2.11. The monoisotopic (exact) mass is 205 g/mol. The van der Waals surface area contributed by atoms with Crippen molar-refractivity contribution in [1.29, 1.82) is 0 Å². The molecule has 1 aromatic heterocycles. The summed E-state index contributed by atoms with van der Waals surface area (Å²) >= 11 is 0. The van der Waals surface area contributed by atoms with Gasteiger partial charge in [-0.15, -0.1) is 0 Å². The van der Waals surface area contributed by atoms with Crippen molar-refractivity contribution in [2.24, 2.45) is 0 Å². The van der Waals surface area contributed by atoms with Crippen molar-refractivity contribution in [3.8, 4) is 0 Å². The van der Waals surface area contributed by atoms with Crippen molar-refractivity contribution in [3.63, 3.8) is 0 Å². The van der Waals surface area contributed by atoms with Crippen molar-refractivity contribution in [1.82, 2.24) is 4.98 Å². The fourth-order valence-corrected chi connectivity index (χ4v) is 1.90. The Balaban J connectivity index is 2.42. The molecule has 1 aliphatic heterocycles. The van der Waals surface area contributed by atoms with Crippen molar-refractivity contribution in [2.75, 3.05) is 0 Å². The van der Waals surface area contributed by atoms with Gasteiger partial charge in [0, 0.05) is 6.20 Å². The van der Waals surface area contributed by atoms with Gasteiger partial charge in [-0.25, -0.2) is 0 Å². The molecule has 0 saturated carbocycles. The molecular weight excluding hydrogens is 189 g/mol. The molecule has 2 rings (SSSR count). The molecule has 0 saturated heterocycles. The second-order valence-electron chi connectivity index (χ2n) is 4.28. The molecule has 1 unspecified atom stereocenters. The van der Waals surface area contributed by atoms with Crippen LogP contribution in [0.1, 0.15) is 50.3 Å². The summed E-state index contributed by atoms with van der Waals surface area (Å²) in [5.41, 5.74) is 2.94. The van der Waals surface area contributed by atoms with E-state index in [1.54, 1.807) is 0 Å². The van der Waals surface area contributed by atoms with Gasteiger partial charge in [0.05, 0.1) is 11.7 Å². The minimum absolute atomic E-state index is 0.00111. The van der Waals surface area contributed by atoms with E-state index < -0.39 is 7.12 Å². The van der Waals surface area contributed by atoms with Gasteiger partial charge in [0.2, 0.25) is 0 Å². The first-order valence-corrected chi connectivity index (χ1v) is 5.46. The molecule has 1 N–H and O–H groups in total. The van der Waals surface area contributed by atoms with Gasteiger partial charge in [0.15, 0.2) is 0 Å². The van der Waals surface area contributed by atoms with E-state index in [1.807, 2.05) is 6.20 Å². The number of aromatic nitrogens is 1. The van der Waals surface area contributed by atoms with Crippen molar-refractivity contribution in [2.45, 2.75) is 39.2 Å². The van der Waals surface area contributed by atoms with Crippen LogP contribution in [-0.4, -0.2) is 17.1 Å². The maximum absolute atomic E-state index is 9.63. The number of hydrogen-bond acceptors (Lipinski definition) is 3. The normalized spacial score (nSPS) is 19.8. The van der Waals surface area contributed by atoms with Crippen LogP contribution in [0.4, 0.5) is 0 Å². The zero-order valence-corrected chi connectivity index (χ0v) is 9.40. The van der Waals surface area contributed by atoms with Crippen LogP contribution < -0.4 is 5.59 Å². The largest absolute Gasteiger partial charge is 0.511 e. The summed E-state index contributed by atoms with van der Waals surface area (Å²) in [5.74, 6) is 0.457. The molecule has 0 aliphatic carbocycles. The molecule has 0 fully saturated rings. The standard InChI is InChI=1S/C11H16BNO2/c1-4-10-9-5-8(7(2)3)6-13-11(9)12(14)15-10/h5-7,10,14H,4H2,1-3H3. The molecule has 3 nitrogen and oxygen atoms in total. The molecule has 80 valence electrons. The molecular formula is C11H16BNO2. The number of nitrogens with zero attached hydrogens (tertiary/aromatic N) is 1. The third kappa shape index (κ3) is 1.79. The summed E-state index contributed by atoms with van der Waals surface area (Å²) in [4.78, 5) is 4.28. The topological polar surface area (TPSA) is 42.4 Å². The minimum atomic E-state index is -0.842. The maximum Gasteiger partial charge on any atom is 0.511 e. The Morgan fingerprint density at radius 1 is 1.60 bits per heavy atom. The van der Waals surface area contributed by atoms with E-state index in [4.69, 9.17) is 4.65 Å². The van der Waals surface area contributed by atoms with Crippen LogP contribution in [-0.2, 0) is 4.65 Å². The smallest absolute Gasteiger partial charge is 0.422 e. The van der Waals surface area contributed by atoms with Gasteiger partial charge in [-0.2, -0.15) is 0 Å². The van der Waals surface area contributed by atoms with E-state index in [0.717, 1.165) is 12.0 Å². The highest BCUT2D eigenvalue weighted by atomic mass is 16.5. The zero-order chi connectivity index (χ0) is 11.0. The average Bonchev–Trinajstić information content (AvgIpc) is 2.55. The van der Waals surface area contributed by atoms with E-state index in [1.165, 1.54) is 5.56 Å². The maximum atomic E-state index is 9.63. The molecule has 1 aromatic rings. The van der Waals surface area contributed by atoms with Gasteiger partial charge in [0.1, 0.15) is 0 Å². The van der Waals surface area contributed by atoms with Gasteiger partial charge in [0.25, 0.3) is 0 Å². The minimum Gasteiger partial charge on any atom is -0.422 e. The van der Waals surface area contributed by atoms with Crippen molar-refractivity contribution >= 4 is 12.7 Å². The first-order valence-electron chi connectivity index (χ1n) is 5.46. The van der Waals surface area contributed by atoms with E-state index in [2.05, 4.69) is 31.8 Å². The van der Waals surface area contributed by atoms with Gasteiger partial charge >= 0.3 is 7.12 Å². The fraction of sp³-hybridized carbons (Fsp3) is 0.545. The molecule has 15 heavy (non-hydrogen) atoms. The molecule has 0 amide bonds. The summed E-state index contributed by atoms with van der Waals surface area (Å²) in [5, 5.41) is 9.63. The quantitative estimate of drug-likeness (QED) is 0.741. The third-order valence-electron chi connectivity index (χ3n) is 2.88. The van der Waals surface area contributed by atoms with E-state index in [-0.39, 0.29) is 6.10 Å². The van der Waals surface area contributed by atoms with Crippen LogP contribution in [0.2, 0.25) is 0 Å². The second kappa shape index (κ2) is 3.95. The number of rotatable bonds is 2.